The van der Waals surface area contributed by atoms with Gasteiger partial charge in [-0.05, 0) is 17.7 Å². The predicted molar refractivity (Wildman–Crippen MR) is 77.4 cm³/mol. The molecule has 1 heterocycles. The van der Waals surface area contributed by atoms with Crippen LogP contribution in [0.4, 0.5) is 0 Å². The molecular weight excluding hydrogens is 258 g/mol. The van der Waals surface area contributed by atoms with Gasteiger partial charge in [-0.3, -0.25) is 4.79 Å². The molecule has 100 valence electrons. The van der Waals surface area contributed by atoms with Gasteiger partial charge in [0.2, 0.25) is 0 Å². The van der Waals surface area contributed by atoms with Gasteiger partial charge in [-0.15, -0.1) is 0 Å². The molecule has 0 aliphatic carbocycles. The van der Waals surface area contributed by atoms with Gasteiger partial charge >= 0.3 is 0 Å². The summed E-state index contributed by atoms with van der Waals surface area (Å²) >= 11 is 1.45. The number of nitrogens with one attached hydrogen (secondary N) is 2. The van der Waals surface area contributed by atoms with Gasteiger partial charge in [0.1, 0.15) is 0 Å². The molecule has 0 amide bonds. The fraction of sp³-hybridized carbons (Fsp3) is 0.286. The second-order valence-electron chi connectivity index (χ2n) is 4.52. The number of rotatable bonds is 5. The zero-order valence-corrected chi connectivity index (χ0v) is 11.8. The summed E-state index contributed by atoms with van der Waals surface area (Å²) in [5.74, 6) is 0. The van der Waals surface area contributed by atoms with Crippen LogP contribution in [0.5, 0.6) is 0 Å². The van der Waals surface area contributed by atoms with Crippen molar-refractivity contribution in [3.63, 3.8) is 0 Å². The number of benzene rings is 1. The van der Waals surface area contributed by atoms with Gasteiger partial charge in [-0.2, -0.15) is 0 Å². The molecule has 0 saturated heterocycles. The van der Waals surface area contributed by atoms with E-state index < -0.39 is 0 Å². The van der Waals surface area contributed by atoms with Gasteiger partial charge in [0.25, 0.3) is 5.56 Å². The molecule has 0 spiro atoms. The van der Waals surface area contributed by atoms with E-state index in [4.69, 9.17) is 0 Å². The minimum atomic E-state index is -0.129. The van der Waals surface area contributed by atoms with E-state index in [9.17, 15) is 4.79 Å². The highest BCUT2D eigenvalue weighted by atomic mass is 32.2. The van der Waals surface area contributed by atoms with E-state index in [-0.39, 0.29) is 5.56 Å². The molecule has 0 radical (unpaired) electrons. The van der Waals surface area contributed by atoms with Gasteiger partial charge in [-0.25, -0.2) is 4.98 Å². The van der Waals surface area contributed by atoms with E-state index in [1.54, 1.807) is 0 Å². The van der Waals surface area contributed by atoms with Crippen molar-refractivity contribution in [2.75, 3.05) is 0 Å². The van der Waals surface area contributed by atoms with E-state index in [0.29, 0.717) is 11.2 Å². The Morgan fingerprint density at radius 2 is 2.00 bits per heavy atom. The highest BCUT2D eigenvalue weighted by Crippen LogP contribution is 2.23. The van der Waals surface area contributed by atoms with Crippen LogP contribution in [0.25, 0.3) is 0 Å². The molecule has 19 heavy (non-hydrogen) atoms. The maximum Gasteiger partial charge on any atom is 0.251 e. The maximum atomic E-state index is 11.2. The van der Waals surface area contributed by atoms with Crippen LogP contribution in [0.2, 0.25) is 0 Å². The molecule has 2 N–H and O–H groups in total. The van der Waals surface area contributed by atoms with Gasteiger partial charge in [0.15, 0.2) is 5.16 Å². The number of aromatic amines is 1. The number of hydrogen-bond donors (Lipinski definition) is 2. The topological polar surface area (TPSA) is 57.8 Å². The lowest BCUT2D eigenvalue weighted by atomic mass is 10.2. The average Bonchev–Trinajstić information content (AvgIpc) is 2.38. The fourth-order valence-electron chi connectivity index (χ4n) is 1.51. The highest BCUT2D eigenvalue weighted by Gasteiger charge is 2.00. The Hall–Kier alpha value is -1.59. The van der Waals surface area contributed by atoms with Crippen LogP contribution in [0, 0.1) is 0 Å². The SMILES string of the molecule is CC(C)NCc1ccc(Sc2nccc(=O)[nH]2)cc1. The van der Waals surface area contributed by atoms with Crippen molar-refractivity contribution in [3.05, 3.63) is 52.4 Å². The van der Waals surface area contributed by atoms with E-state index in [0.717, 1.165) is 11.4 Å². The van der Waals surface area contributed by atoms with Crippen LogP contribution in [0.15, 0.2) is 51.4 Å². The first-order valence-electron chi connectivity index (χ1n) is 6.19. The second-order valence-corrected chi connectivity index (χ2v) is 5.58. The third-order valence-electron chi connectivity index (χ3n) is 2.50. The van der Waals surface area contributed by atoms with Crippen LogP contribution < -0.4 is 10.9 Å². The molecule has 0 unspecified atom stereocenters. The van der Waals surface area contributed by atoms with Crippen molar-refractivity contribution in [2.24, 2.45) is 0 Å². The third kappa shape index (κ3) is 4.54. The lowest BCUT2D eigenvalue weighted by molar-refractivity contribution is 0.588. The molecule has 1 aromatic heterocycles. The van der Waals surface area contributed by atoms with Gasteiger partial charge in [0, 0.05) is 29.7 Å². The van der Waals surface area contributed by atoms with Crippen molar-refractivity contribution >= 4 is 11.8 Å². The Kier molecular flexibility index (Phi) is 4.76. The van der Waals surface area contributed by atoms with Crippen LogP contribution >= 0.6 is 11.8 Å². The molecule has 0 saturated carbocycles. The fourth-order valence-corrected chi connectivity index (χ4v) is 2.27. The molecule has 0 aliphatic rings. The second kappa shape index (κ2) is 6.54. The third-order valence-corrected chi connectivity index (χ3v) is 3.41. The van der Waals surface area contributed by atoms with Crippen LogP contribution in [-0.2, 0) is 6.54 Å². The molecule has 4 nitrogen and oxygen atoms in total. The summed E-state index contributed by atoms with van der Waals surface area (Å²) in [5.41, 5.74) is 1.11. The summed E-state index contributed by atoms with van der Waals surface area (Å²) in [4.78, 5) is 19.0. The smallest absolute Gasteiger partial charge is 0.251 e. The standard InChI is InChI=1S/C14H17N3OS/c1-10(2)16-9-11-3-5-12(6-4-11)19-14-15-8-7-13(18)17-14/h3-8,10,16H,9H2,1-2H3,(H,15,17,18). The lowest BCUT2D eigenvalue weighted by Gasteiger charge is -2.08. The van der Waals surface area contributed by atoms with Crippen molar-refractivity contribution in [1.82, 2.24) is 15.3 Å². The summed E-state index contributed by atoms with van der Waals surface area (Å²) in [6, 6.07) is 10.1. The minimum absolute atomic E-state index is 0.129. The zero-order valence-electron chi connectivity index (χ0n) is 11.0. The van der Waals surface area contributed by atoms with E-state index in [1.807, 2.05) is 12.1 Å². The average molecular weight is 275 g/mol. The van der Waals surface area contributed by atoms with E-state index in [1.165, 1.54) is 29.6 Å². The van der Waals surface area contributed by atoms with E-state index in [2.05, 4.69) is 41.3 Å². The van der Waals surface area contributed by atoms with Crippen LogP contribution in [0.1, 0.15) is 19.4 Å². The summed E-state index contributed by atoms with van der Waals surface area (Å²) in [6.45, 7) is 5.12. The van der Waals surface area contributed by atoms with Crippen molar-refractivity contribution in [3.8, 4) is 0 Å². The van der Waals surface area contributed by atoms with Gasteiger partial charge in [-0.1, -0.05) is 37.7 Å². The molecule has 5 heteroatoms. The van der Waals surface area contributed by atoms with Crippen molar-refractivity contribution < 1.29 is 0 Å². The zero-order chi connectivity index (χ0) is 13.7. The Labute approximate surface area is 116 Å². The van der Waals surface area contributed by atoms with Gasteiger partial charge < -0.3 is 10.3 Å². The molecule has 0 bridgehead atoms. The maximum absolute atomic E-state index is 11.2. The lowest BCUT2D eigenvalue weighted by Crippen LogP contribution is -2.21. The van der Waals surface area contributed by atoms with Crippen LogP contribution in [0.3, 0.4) is 0 Å². The molecule has 0 aliphatic heterocycles. The summed E-state index contributed by atoms with van der Waals surface area (Å²) in [6.07, 6.45) is 1.52. The summed E-state index contributed by atoms with van der Waals surface area (Å²) < 4.78 is 0. The quantitative estimate of drug-likeness (QED) is 0.823. The first-order chi connectivity index (χ1) is 9.13. The van der Waals surface area contributed by atoms with Crippen LogP contribution in [-0.4, -0.2) is 16.0 Å². The normalized spacial score (nSPS) is 10.9. The molecule has 0 atom stereocenters. The molecule has 2 rings (SSSR count). The first-order valence-corrected chi connectivity index (χ1v) is 7.00. The Morgan fingerprint density at radius 3 is 2.63 bits per heavy atom. The minimum Gasteiger partial charge on any atom is -0.310 e. The van der Waals surface area contributed by atoms with Gasteiger partial charge in [0.05, 0.1) is 0 Å². The molecule has 1 aromatic carbocycles. The first kappa shape index (κ1) is 13.8. The molecule has 0 fully saturated rings. The summed E-state index contributed by atoms with van der Waals surface area (Å²) in [7, 11) is 0. The molecule has 2 aromatic rings. The van der Waals surface area contributed by atoms with E-state index >= 15 is 0 Å². The van der Waals surface area contributed by atoms with Crippen molar-refractivity contribution in [2.45, 2.75) is 36.5 Å². The monoisotopic (exact) mass is 275 g/mol. The number of hydrogen-bond acceptors (Lipinski definition) is 4. The number of aromatic nitrogens is 2. The summed E-state index contributed by atoms with van der Waals surface area (Å²) in [5, 5.41) is 3.98. The predicted octanol–water partition coefficient (Wildman–Crippen LogP) is 2.42. The van der Waals surface area contributed by atoms with Crippen molar-refractivity contribution in [1.29, 1.82) is 0 Å². The highest BCUT2D eigenvalue weighted by molar-refractivity contribution is 7.99. The Morgan fingerprint density at radius 1 is 1.26 bits per heavy atom. The molecular formula is C14H17N3OS. The number of H-pyrrole nitrogens is 1. The largest absolute Gasteiger partial charge is 0.310 e. The number of nitrogens with zero attached hydrogens (tertiary/aromatic N) is 1. The Bertz CT molecular complexity index is 578. The Balaban J connectivity index is 2.00.